The molecule has 4 aromatic rings. The number of aromatic nitrogens is 4. The van der Waals surface area contributed by atoms with Crippen molar-refractivity contribution < 1.29 is 39.3 Å². The second-order valence-electron chi connectivity index (χ2n) is 6.05. The predicted molar refractivity (Wildman–Crippen MR) is 136 cm³/mol. The Kier molecular flexibility index (Phi) is 16.8. The minimum absolute atomic E-state index is 0. The van der Waals surface area contributed by atoms with Crippen LogP contribution in [0.25, 0.3) is 33.6 Å². The molecule has 0 aliphatic heterocycles. The van der Waals surface area contributed by atoms with Crippen LogP contribution in [0.4, 0.5) is 0 Å². The van der Waals surface area contributed by atoms with Gasteiger partial charge >= 0.3 is 19.5 Å². The van der Waals surface area contributed by atoms with Gasteiger partial charge in [-0.2, -0.15) is 10.3 Å². The van der Waals surface area contributed by atoms with Gasteiger partial charge in [0.25, 0.3) is 0 Å². The standard InChI is InChI=1S/2C11H8N2O2.2CNS.Ru/c2*14-11(15)8-4-6-13-10(7-8)9-3-1-2-5-12-9;2*2-1-3;/h2*1-7H,(H,14,15);;;/q;;2*-1;+2/p-2. The third-order valence-electron chi connectivity index (χ3n) is 3.85. The molecule has 0 bridgehead atoms. The van der Waals surface area contributed by atoms with Gasteiger partial charge in [0.05, 0.1) is 34.7 Å². The minimum Gasteiger partial charge on any atom is -0.753 e. The number of nitrogens with zero attached hydrogens (tertiary/aromatic N) is 6. The van der Waals surface area contributed by atoms with Crippen molar-refractivity contribution in [1.82, 2.24) is 19.9 Å². The monoisotopic (exact) mass is 616 g/mol. The molecule has 13 heteroatoms. The van der Waals surface area contributed by atoms with E-state index in [0.717, 1.165) is 0 Å². The quantitative estimate of drug-likeness (QED) is 0.188. The average molecular weight is 616 g/mol. The molecule has 4 rings (SSSR count). The van der Waals surface area contributed by atoms with Gasteiger partial charge in [-0.3, -0.25) is 19.9 Å². The fourth-order valence-corrected chi connectivity index (χ4v) is 2.42. The van der Waals surface area contributed by atoms with Gasteiger partial charge in [0.1, 0.15) is 0 Å². The van der Waals surface area contributed by atoms with E-state index < -0.39 is 11.9 Å². The van der Waals surface area contributed by atoms with Gasteiger partial charge in [0.2, 0.25) is 0 Å². The molecule has 0 N–H and O–H groups in total. The predicted octanol–water partition coefficient (Wildman–Crippen LogP) is 2.33. The number of hydrogen-bond acceptors (Lipinski definition) is 10. The van der Waals surface area contributed by atoms with Crippen LogP contribution in [0, 0.1) is 0 Å². The topological polar surface area (TPSA) is 176 Å². The van der Waals surface area contributed by atoms with Crippen molar-refractivity contribution in [3.05, 3.63) is 107 Å². The Labute approximate surface area is 235 Å². The molecule has 37 heavy (non-hydrogen) atoms. The zero-order chi connectivity index (χ0) is 26.8. The Bertz CT molecular complexity index is 1240. The van der Waals surface area contributed by atoms with Crippen molar-refractivity contribution in [2.24, 2.45) is 0 Å². The normalized spacial score (nSPS) is 8.43. The molecule has 0 unspecified atom stereocenters. The summed E-state index contributed by atoms with van der Waals surface area (Å²) in [6.07, 6.45) is 6.11. The first kappa shape index (κ1) is 32.8. The second-order valence-corrected chi connectivity index (χ2v) is 6.41. The van der Waals surface area contributed by atoms with Crippen molar-refractivity contribution in [1.29, 1.82) is 0 Å². The molecular formula is C24H14N6O4RuS2-2. The number of thiocarbonyl (C=S) groups is 2. The van der Waals surface area contributed by atoms with Gasteiger partial charge in [-0.05, 0) is 48.5 Å². The largest absolute Gasteiger partial charge is 2.00 e. The van der Waals surface area contributed by atoms with Crippen LogP contribution in [0.3, 0.4) is 0 Å². The number of aromatic carboxylic acids is 2. The summed E-state index contributed by atoms with van der Waals surface area (Å²) < 4.78 is 0. The molecular weight excluding hydrogens is 602 g/mol. The van der Waals surface area contributed by atoms with Crippen LogP contribution in [-0.2, 0) is 19.5 Å². The zero-order valence-corrected chi connectivity index (χ0v) is 21.9. The molecule has 0 aliphatic carbocycles. The van der Waals surface area contributed by atoms with Crippen molar-refractivity contribution in [3.63, 3.8) is 0 Å². The van der Waals surface area contributed by atoms with Crippen LogP contribution in [0.2, 0.25) is 0 Å². The average Bonchev–Trinajstić information content (AvgIpc) is 2.91. The van der Waals surface area contributed by atoms with Crippen LogP contribution in [-0.4, -0.2) is 42.2 Å². The first-order valence-corrected chi connectivity index (χ1v) is 10.4. The van der Waals surface area contributed by atoms with Crippen molar-refractivity contribution in [2.45, 2.75) is 0 Å². The maximum atomic E-state index is 10.6. The molecule has 4 aromatic heterocycles. The number of carboxylic acid groups (broad SMARTS) is 2. The molecule has 0 atom stereocenters. The summed E-state index contributed by atoms with van der Waals surface area (Å²) in [4.78, 5) is 37.5. The Hall–Kier alpha value is -4.24. The van der Waals surface area contributed by atoms with Crippen LogP contribution in [0.15, 0.2) is 85.5 Å². The van der Waals surface area contributed by atoms with Gasteiger partial charge in [0.15, 0.2) is 0 Å². The van der Waals surface area contributed by atoms with E-state index in [2.05, 4.69) is 44.4 Å². The van der Waals surface area contributed by atoms with E-state index in [0.29, 0.717) is 22.8 Å². The van der Waals surface area contributed by atoms with Gasteiger partial charge in [0, 0.05) is 35.9 Å². The molecule has 10 nitrogen and oxygen atoms in total. The van der Waals surface area contributed by atoms with Gasteiger partial charge < -0.3 is 30.6 Å². The number of isothiocyanates is 2. The molecule has 0 aliphatic rings. The molecule has 0 spiro atoms. The van der Waals surface area contributed by atoms with E-state index in [1.54, 1.807) is 36.7 Å². The Morgan fingerprint density at radius 2 is 0.946 bits per heavy atom. The van der Waals surface area contributed by atoms with E-state index in [-0.39, 0.29) is 30.6 Å². The number of carbonyl (C=O) groups is 2. The van der Waals surface area contributed by atoms with Gasteiger partial charge in [-0.1, -0.05) is 36.6 Å². The third-order valence-corrected chi connectivity index (χ3v) is 3.85. The number of pyridine rings is 4. The van der Waals surface area contributed by atoms with E-state index in [1.807, 2.05) is 12.1 Å². The van der Waals surface area contributed by atoms with Crippen molar-refractivity contribution in [2.75, 3.05) is 0 Å². The van der Waals surface area contributed by atoms with Crippen molar-refractivity contribution in [3.8, 4) is 22.8 Å². The van der Waals surface area contributed by atoms with Crippen LogP contribution < -0.4 is 10.2 Å². The zero-order valence-electron chi connectivity index (χ0n) is 18.6. The molecule has 0 radical (unpaired) electrons. The number of hydrogen-bond donors (Lipinski definition) is 0. The summed E-state index contributed by atoms with van der Waals surface area (Å²) in [6.45, 7) is 0. The Morgan fingerprint density at radius 1 is 0.622 bits per heavy atom. The van der Waals surface area contributed by atoms with Crippen molar-refractivity contribution >= 4 is 46.7 Å². The Morgan fingerprint density at radius 3 is 1.22 bits per heavy atom. The van der Waals surface area contributed by atoms with E-state index in [9.17, 15) is 19.8 Å². The fourth-order valence-electron chi connectivity index (χ4n) is 2.42. The number of carboxylic acids is 2. The van der Waals surface area contributed by atoms with Crippen LogP contribution >= 0.6 is 24.4 Å². The summed E-state index contributed by atoms with van der Waals surface area (Å²) >= 11 is 7.40. The minimum atomic E-state index is -1.21. The number of rotatable bonds is 4. The third kappa shape index (κ3) is 12.3. The molecule has 4 heterocycles. The first-order chi connectivity index (χ1) is 17.4. The Balaban J connectivity index is 0.000000566. The smallest absolute Gasteiger partial charge is 0.753 e. The molecule has 0 saturated carbocycles. The van der Waals surface area contributed by atoms with E-state index >= 15 is 0 Å². The van der Waals surface area contributed by atoms with Gasteiger partial charge in [-0.25, -0.2) is 0 Å². The first-order valence-electron chi connectivity index (χ1n) is 9.58. The van der Waals surface area contributed by atoms with E-state index in [4.69, 9.17) is 10.8 Å². The molecule has 186 valence electrons. The van der Waals surface area contributed by atoms with Crippen LogP contribution in [0.1, 0.15) is 20.7 Å². The summed E-state index contributed by atoms with van der Waals surface area (Å²) in [5, 5.41) is 38.2. The van der Waals surface area contributed by atoms with Gasteiger partial charge in [-0.15, -0.1) is 0 Å². The summed E-state index contributed by atoms with van der Waals surface area (Å²) in [6, 6.07) is 16.4. The summed E-state index contributed by atoms with van der Waals surface area (Å²) in [5.74, 6) is -2.43. The maximum absolute atomic E-state index is 10.6. The molecule has 0 fully saturated rings. The molecule has 0 amide bonds. The number of carbonyl (C=O) groups excluding carboxylic acids is 2. The molecule has 0 saturated heterocycles. The fraction of sp³-hybridized carbons (Fsp3) is 0. The summed E-state index contributed by atoms with van der Waals surface area (Å²) in [5.41, 5.74) is 2.53. The SMILES string of the molecule is O=C([O-])c1ccnc(-c2ccccn2)c1.O=C([O-])c1ccnc(-c2ccccn2)c1.[N-]=C=S.[N-]=C=S.[Ru+2]. The second kappa shape index (κ2) is 19.0. The van der Waals surface area contributed by atoms with Crippen LogP contribution in [0.5, 0.6) is 0 Å². The maximum Gasteiger partial charge on any atom is 2.00 e. The van der Waals surface area contributed by atoms with E-state index in [1.165, 1.54) is 47.0 Å². The summed E-state index contributed by atoms with van der Waals surface area (Å²) in [7, 11) is 0. The molecule has 0 aromatic carbocycles.